The molecule has 5 fully saturated rings. The van der Waals surface area contributed by atoms with Crippen molar-refractivity contribution in [3.05, 3.63) is 0 Å². The molecule has 4 nitrogen and oxygen atoms in total. The Bertz CT molecular complexity index is 384. The Hall–Kier alpha value is 2.00. The minimum absolute atomic E-state index is 0.595. The summed E-state index contributed by atoms with van der Waals surface area (Å²) in [7, 11) is 0. The average molecular weight is 655 g/mol. The highest BCUT2D eigenvalue weighted by atomic mass is 127. The molecular formula is C20H40I2N4S2. The minimum atomic E-state index is 0.595. The van der Waals surface area contributed by atoms with Gasteiger partial charge in [-0.15, -0.1) is 0 Å². The smallest absolute Gasteiger partial charge is 0.0738 e. The summed E-state index contributed by atoms with van der Waals surface area (Å²) in [5.41, 5.74) is 0.595. The topological polar surface area (TPSA) is 21.8 Å². The largest absolute Gasteiger partial charge is 0.315 e. The van der Waals surface area contributed by atoms with E-state index in [0.717, 1.165) is 13.6 Å². The van der Waals surface area contributed by atoms with Gasteiger partial charge in [-0.25, -0.2) is 0 Å². The predicted octanol–water partition coefficient (Wildman–Crippen LogP) is 4.34. The molecule has 0 radical (unpaired) electrons. The summed E-state index contributed by atoms with van der Waals surface area (Å²) in [6.45, 7) is 10.5. The van der Waals surface area contributed by atoms with Crippen LogP contribution < -0.4 is 5.32 Å². The molecule has 0 aromatic carbocycles. The van der Waals surface area contributed by atoms with Crippen molar-refractivity contribution in [2.75, 3.05) is 59.9 Å². The quantitative estimate of drug-likeness (QED) is 0.223. The van der Waals surface area contributed by atoms with Crippen LogP contribution in [0.25, 0.3) is 0 Å². The highest BCUT2D eigenvalue weighted by Gasteiger charge is 2.52. The number of alkyl halides is 2. The number of halogens is 2. The Labute approximate surface area is 211 Å². The molecule has 3 saturated heterocycles. The third-order valence-electron chi connectivity index (χ3n) is 6.79. The molecule has 28 heavy (non-hydrogen) atoms. The Kier molecular flexibility index (Phi) is 14.0. The zero-order valence-corrected chi connectivity index (χ0v) is 23.4. The molecule has 5 rings (SSSR count). The lowest BCUT2D eigenvalue weighted by atomic mass is 9.81. The first-order valence-electron chi connectivity index (χ1n) is 11.0. The predicted molar refractivity (Wildman–Crippen MR) is 147 cm³/mol. The molecule has 2 bridgehead atoms. The van der Waals surface area contributed by atoms with Crippen LogP contribution in [0, 0.1) is 0 Å². The van der Waals surface area contributed by atoms with Gasteiger partial charge in [-0.2, -0.15) is 25.3 Å². The Morgan fingerprint density at radius 3 is 1.79 bits per heavy atom. The second kappa shape index (κ2) is 14.9. The van der Waals surface area contributed by atoms with Crippen LogP contribution in [0.3, 0.4) is 0 Å². The second-order valence-electron chi connectivity index (χ2n) is 8.13. The van der Waals surface area contributed by atoms with Crippen molar-refractivity contribution in [1.29, 1.82) is 0 Å². The van der Waals surface area contributed by atoms with E-state index in [-0.39, 0.29) is 0 Å². The van der Waals surface area contributed by atoms with Crippen LogP contribution in [0.1, 0.15) is 51.4 Å². The zero-order valence-electron chi connectivity index (χ0n) is 17.3. The summed E-state index contributed by atoms with van der Waals surface area (Å²) >= 11 is 11.9. The lowest BCUT2D eigenvalue weighted by Crippen LogP contribution is -2.61. The molecule has 2 atom stereocenters. The zero-order chi connectivity index (χ0) is 20.2. The normalized spacial score (nSPS) is 30.9. The van der Waals surface area contributed by atoms with Gasteiger partial charge in [-0.05, 0) is 58.0 Å². The first-order chi connectivity index (χ1) is 13.7. The summed E-state index contributed by atoms with van der Waals surface area (Å²) in [4.78, 5) is 8.11. The van der Waals surface area contributed by atoms with Crippen molar-refractivity contribution < 1.29 is 0 Å². The fourth-order valence-corrected chi connectivity index (χ4v) is 5.06. The molecule has 8 heteroatoms. The summed E-state index contributed by atoms with van der Waals surface area (Å²) in [5.74, 6) is 0. The van der Waals surface area contributed by atoms with Gasteiger partial charge in [-0.3, -0.25) is 14.7 Å². The summed E-state index contributed by atoms with van der Waals surface area (Å²) < 4.78 is 1.83. The standard InChI is InChI=1S/C9H16N2.C9H18N2.2CH3IS/c1-3-9(4-1)10-5-2-6-11(9)8-7-10;1-3-9(4-1)11-7-2-5-10-6-8-11;2*2-1-3/h1-8H2;9-10H,1-8H2;2*3H,1H2. The molecule has 5 aliphatic rings. The van der Waals surface area contributed by atoms with E-state index >= 15 is 0 Å². The molecule has 2 unspecified atom stereocenters. The monoisotopic (exact) mass is 654 g/mol. The molecule has 3 aliphatic heterocycles. The Morgan fingerprint density at radius 2 is 1.36 bits per heavy atom. The average Bonchev–Trinajstić information content (AvgIpc) is 2.79. The van der Waals surface area contributed by atoms with Gasteiger partial charge in [0.15, 0.2) is 0 Å². The van der Waals surface area contributed by atoms with Crippen molar-refractivity contribution in [2.45, 2.75) is 63.1 Å². The highest BCUT2D eigenvalue weighted by molar-refractivity contribution is 14.1. The van der Waals surface area contributed by atoms with Crippen LogP contribution in [0.2, 0.25) is 0 Å². The Balaban J connectivity index is 0.000000158. The molecule has 0 amide bonds. The van der Waals surface area contributed by atoms with Gasteiger partial charge in [0, 0.05) is 52.8 Å². The summed E-state index contributed by atoms with van der Waals surface area (Å²) in [6, 6.07) is 0.954. The van der Waals surface area contributed by atoms with E-state index in [9.17, 15) is 0 Å². The SMILES string of the molecule is C1CC(N2CCCNCC2)C1.C1CN2CCN(C1)C21CCC1.SCI.SCI. The lowest BCUT2D eigenvalue weighted by molar-refractivity contribution is -0.0787. The molecule has 0 aromatic rings. The van der Waals surface area contributed by atoms with Crippen LogP contribution in [0.15, 0.2) is 0 Å². The molecule has 1 spiro atoms. The van der Waals surface area contributed by atoms with Gasteiger partial charge in [-0.1, -0.05) is 51.6 Å². The van der Waals surface area contributed by atoms with Crippen LogP contribution >= 0.6 is 70.4 Å². The van der Waals surface area contributed by atoms with E-state index in [0.29, 0.717) is 5.66 Å². The fourth-order valence-electron chi connectivity index (χ4n) is 5.06. The minimum Gasteiger partial charge on any atom is -0.315 e. The molecule has 2 aliphatic carbocycles. The summed E-state index contributed by atoms with van der Waals surface area (Å²) in [6.07, 6.45) is 11.5. The van der Waals surface area contributed by atoms with Crippen LogP contribution in [0.4, 0.5) is 0 Å². The Morgan fingerprint density at radius 1 is 0.750 bits per heavy atom. The van der Waals surface area contributed by atoms with Crippen molar-refractivity contribution in [3.63, 3.8) is 0 Å². The molecule has 3 heterocycles. The third-order valence-corrected chi connectivity index (χ3v) is 6.79. The van der Waals surface area contributed by atoms with Gasteiger partial charge >= 0.3 is 0 Å². The van der Waals surface area contributed by atoms with E-state index in [4.69, 9.17) is 0 Å². The number of rotatable bonds is 1. The van der Waals surface area contributed by atoms with Crippen molar-refractivity contribution in [2.24, 2.45) is 0 Å². The molecule has 166 valence electrons. The fraction of sp³-hybridized carbons (Fsp3) is 1.00. The first-order valence-corrected chi connectivity index (χ1v) is 15.3. The van der Waals surface area contributed by atoms with Gasteiger partial charge in [0.2, 0.25) is 0 Å². The number of hydrogen-bond acceptors (Lipinski definition) is 6. The third kappa shape index (κ3) is 7.55. The molecule has 0 aromatic heterocycles. The van der Waals surface area contributed by atoms with Gasteiger partial charge in [0.05, 0.1) is 5.66 Å². The van der Waals surface area contributed by atoms with Gasteiger partial charge < -0.3 is 5.32 Å². The first kappa shape index (κ1) is 26.3. The molecule has 1 N–H and O–H groups in total. The maximum Gasteiger partial charge on any atom is 0.0738 e. The number of hydrogen-bond donors (Lipinski definition) is 3. The maximum absolute atomic E-state index is 3.78. The van der Waals surface area contributed by atoms with Gasteiger partial charge in [0.1, 0.15) is 0 Å². The summed E-state index contributed by atoms with van der Waals surface area (Å²) in [5, 5.41) is 3.44. The van der Waals surface area contributed by atoms with E-state index < -0.39 is 0 Å². The highest BCUT2D eigenvalue weighted by Crippen LogP contribution is 2.45. The van der Waals surface area contributed by atoms with Gasteiger partial charge in [0.25, 0.3) is 0 Å². The van der Waals surface area contributed by atoms with E-state index in [2.05, 4.69) is 90.5 Å². The number of nitrogens with zero attached hydrogens (tertiary/aromatic N) is 3. The van der Waals surface area contributed by atoms with Crippen LogP contribution in [-0.2, 0) is 0 Å². The van der Waals surface area contributed by atoms with E-state index in [1.54, 1.807) is 0 Å². The molecular weight excluding hydrogens is 614 g/mol. The molecule has 2 saturated carbocycles. The van der Waals surface area contributed by atoms with Crippen molar-refractivity contribution in [1.82, 2.24) is 20.0 Å². The lowest BCUT2D eigenvalue weighted by Gasteiger charge is -2.53. The number of nitrogens with one attached hydrogen (secondary N) is 1. The maximum atomic E-state index is 3.78. The second-order valence-corrected chi connectivity index (χ2v) is 12.7. The number of thiol groups is 2. The van der Waals surface area contributed by atoms with Crippen LogP contribution in [0.5, 0.6) is 0 Å². The van der Waals surface area contributed by atoms with Crippen molar-refractivity contribution in [3.8, 4) is 0 Å². The van der Waals surface area contributed by atoms with E-state index in [1.807, 2.05) is 0 Å². The van der Waals surface area contributed by atoms with Crippen LogP contribution in [-0.4, -0.2) is 86.3 Å². The van der Waals surface area contributed by atoms with Crippen molar-refractivity contribution >= 4 is 70.4 Å². The van der Waals surface area contributed by atoms with E-state index in [1.165, 1.54) is 104 Å².